The molecule has 5 rings (SSSR count). The van der Waals surface area contributed by atoms with Crippen LogP contribution in [0.15, 0.2) is 93.4 Å². The van der Waals surface area contributed by atoms with Crippen LogP contribution in [0.25, 0.3) is 17.0 Å². The van der Waals surface area contributed by atoms with E-state index in [2.05, 4.69) is 31.6 Å². The fourth-order valence-electron chi connectivity index (χ4n) is 3.69. The van der Waals surface area contributed by atoms with E-state index in [1.807, 2.05) is 83.6 Å². The minimum atomic E-state index is -0.226. The lowest BCUT2D eigenvalue weighted by atomic mass is 10.1. The van der Waals surface area contributed by atoms with E-state index >= 15 is 0 Å². The number of carbonyl (C=O) groups is 2. The highest BCUT2D eigenvalue weighted by Gasteiger charge is 2.24. The lowest BCUT2D eigenvalue weighted by Gasteiger charge is -2.07. The van der Waals surface area contributed by atoms with Crippen molar-refractivity contribution in [3.63, 3.8) is 0 Å². The first kappa shape index (κ1) is 23.4. The molecular formula is C26H18BrClN4O2S. The molecular weight excluding hydrogens is 548 g/mol. The molecule has 2 heterocycles. The standard InChI is InChI=1S/C26H18BrClN4O2S/c27-20-11-10-18(13-21(20)28)30-26-31-25(34)23(35-26)12-16-14-32(22-9-5-4-8-19(16)22)15-24(33)29-17-6-2-1-3-7-17/h1-14H,15H2,(H,29,33)(H,30,31,34)/b23-12+. The van der Waals surface area contributed by atoms with Crippen molar-refractivity contribution in [2.45, 2.75) is 6.54 Å². The van der Waals surface area contributed by atoms with Crippen LogP contribution < -0.4 is 10.6 Å². The number of fused-ring (bicyclic) bond motifs is 1. The molecule has 2 amide bonds. The number of amidine groups is 1. The third-order valence-electron chi connectivity index (χ3n) is 5.26. The van der Waals surface area contributed by atoms with Crippen LogP contribution in [0.4, 0.5) is 11.4 Å². The topological polar surface area (TPSA) is 75.5 Å². The lowest BCUT2D eigenvalue weighted by Crippen LogP contribution is -2.19. The number of carbonyl (C=O) groups excluding carboxylic acids is 2. The van der Waals surface area contributed by atoms with Gasteiger partial charge in [0, 0.05) is 32.8 Å². The van der Waals surface area contributed by atoms with Gasteiger partial charge in [0.05, 0.1) is 15.6 Å². The number of nitrogens with zero attached hydrogens (tertiary/aromatic N) is 2. The normalized spacial score (nSPS) is 15.7. The van der Waals surface area contributed by atoms with Crippen LogP contribution in [0.1, 0.15) is 5.56 Å². The van der Waals surface area contributed by atoms with Gasteiger partial charge >= 0.3 is 0 Å². The second kappa shape index (κ2) is 10.1. The van der Waals surface area contributed by atoms with E-state index in [4.69, 9.17) is 11.6 Å². The maximum absolute atomic E-state index is 12.6. The molecule has 1 aliphatic heterocycles. The van der Waals surface area contributed by atoms with E-state index in [-0.39, 0.29) is 18.4 Å². The lowest BCUT2D eigenvalue weighted by molar-refractivity contribution is -0.117. The van der Waals surface area contributed by atoms with Crippen LogP contribution in [-0.4, -0.2) is 21.5 Å². The average molecular weight is 566 g/mol. The zero-order valence-corrected chi connectivity index (χ0v) is 21.3. The van der Waals surface area contributed by atoms with Gasteiger partial charge in [0.1, 0.15) is 6.54 Å². The number of aliphatic imine (C=N–C) groups is 1. The molecule has 6 nitrogen and oxygen atoms in total. The molecule has 0 spiro atoms. The Labute approximate surface area is 219 Å². The quantitative estimate of drug-likeness (QED) is 0.268. The summed E-state index contributed by atoms with van der Waals surface area (Å²) in [5.41, 5.74) is 3.14. The molecule has 1 aromatic heterocycles. The van der Waals surface area contributed by atoms with Gasteiger partial charge in [-0.15, -0.1) is 0 Å². The van der Waals surface area contributed by atoms with Crippen LogP contribution in [-0.2, 0) is 16.1 Å². The number of amides is 2. The first-order chi connectivity index (χ1) is 17.0. The van der Waals surface area contributed by atoms with Crippen molar-refractivity contribution < 1.29 is 9.59 Å². The predicted molar refractivity (Wildman–Crippen MR) is 147 cm³/mol. The second-order valence-corrected chi connectivity index (χ2v) is 10.0. The minimum Gasteiger partial charge on any atom is -0.337 e. The summed E-state index contributed by atoms with van der Waals surface area (Å²) in [5, 5.41) is 7.68. The number of anilines is 1. The van der Waals surface area contributed by atoms with E-state index < -0.39 is 0 Å². The Balaban J connectivity index is 1.40. The van der Waals surface area contributed by atoms with Crippen LogP contribution in [0, 0.1) is 0 Å². The molecule has 9 heteroatoms. The van der Waals surface area contributed by atoms with Gasteiger partial charge in [-0.1, -0.05) is 48.0 Å². The highest BCUT2D eigenvalue weighted by molar-refractivity contribution is 9.10. The van der Waals surface area contributed by atoms with Crippen molar-refractivity contribution in [3.05, 3.63) is 99.0 Å². The predicted octanol–water partition coefficient (Wildman–Crippen LogP) is 6.59. The number of halogens is 2. The van der Waals surface area contributed by atoms with Gasteiger partial charge in [-0.2, -0.15) is 0 Å². The van der Waals surface area contributed by atoms with Gasteiger partial charge < -0.3 is 15.2 Å². The molecule has 0 atom stereocenters. The van der Waals surface area contributed by atoms with Gasteiger partial charge in [0.2, 0.25) is 5.91 Å². The number of nitrogens with one attached hydrogen (secondary N) is 2. The summed E-state index contributed by atoms with van der Waals surface area (Å²) in [6.07, 6.45) is 3.71. The summed E-state index contributed by atoms with van der Waals surface area (Å²) in [6, 6.07) is 22.5. The molecule has 174 valence electrons. The molecule has 1 saturated heterocycles. The Morgan fingerprint density at radius 2 is 1.89 bits per heavy atom. The summed E-state index contributed by atoms with van der Waals surface area (Å²) in [7, 11) is 0. The fourth-order valence-corrected chi connectivity index (χ4v) is 4.95. The zero-order valence-electron chi connectivity index (χ0n) is 18.2. The Bertz CT molecular complexity index is 1510. The third kappa shape index (κ3) is 5.35. The summed E-state index contributed by atoms with van der Waals surface area (Å²) < 4.78 is 2.66. The Morgan fingerprint density at radius 3 is 2.69 bits per heavy atom. The Kier molecular flexibility index (Phi) is 6.77. The monoisotopic (exact) mass is 564 g/mol. The Hall–Kier alpha value is -3.33. The minimum absolute atomic E-state index is 0.133. The first-order valence-electron chi connectivity index (χ1n) is 10.6. The van der Waals surface area contributed by atoms with Crippen molar-refractivity contribution in [2.24, 2.45) is 4.99 Å². The summed E-state index contributed by atoms with van der Waals surface area (Å²) in [5.74, 6) is -0.359. The molecule has 4 aromatic rings. The smallest absolute Gasteiger partial charge is 0.264 e. The molecule has 1 fully saturated rings. The van der Waals surface area contributed by atoms with Gasteiger partial charge in [-0.05, 0) is 70.2 Å². The van der Waals surface area contributed by atoms with Crippen LogP contribution in [0.3, 0.4) is 0 Å². The maximum atomic E-state index is 12.6. The van der Waals surface area contributed by atoms with E-state index in [9.17, 15) is 9.59 Å². The van der Waals surface area contributed by atoms with Gasteiger partial charge in [-0.3, -0.25) is 9.59 Å². The maximum Gasteiger partial charge on any atom is 0.264 e. The van der Waals surface area contributed by atoms with Crippen molar-refractivity contribution in [2.75, 3.05) is 5.32 Å². The van der Waals surface area contributed by atoms with Crippen molar-refractivity contribution in [3.8, 4) is 0 Å². The Morgan fingerprint density at radius 1 is 1.11 bits per heavy atom. The molecule has 0 bridgehead atoms. The van der Waals surface area contributed by atoms with Crippen molar-refractivity contribution >= 4 is 84.6 Å². The van der Waals surface area contributed by atoms with Crippen LogP contribution in [0.5, 0.6) is 0 Å². The number of hydrogen-bond acceptors (Lipinski definition) is 4. The zero-order chi connectivity index (χ0) is 24.4. The number of hydrogen-bond donors (Lipinski definition) is 2. The summed E-state index contributed by atoms with van der Waals surface area (Å²) in [6.45, 7) is 0.148. The molecule has 3 aromatic carbocycles. The molecule has 0 saturated carbocycles. The molecule has 1 aliphatic rings. The fraction of sp³-hybridized carbons (Fsp3) is 0.0385. The van der Waals surface area contributed by atoms with E-state index in [0.717, 1.165) is 26.6 Å². The van der Waals surface area contributed by atoms with Gasteiger partial charge in [0.25, 0.3) is 5.91 Å². The number of thioether (sulfide) groups is 1. The van der Waals surface area contributed by atoms with E-state index in [0.29, 0.717) is 20.8 Å². The van der Waals surface area contributed by atoms with E-state index in [1.165, 1.54) is 11.8 Å². The molecule has 0 radical (unpaired) electrons. The SMILES string of the molecule is O=C(Cn1cc(/C=C2/SC(=Nc3ccc(Br)c(Cl)c3)NC2=O)c2ccccc21)Nc1ccccc1. The highest BCUT2D eigenvalue weighted by atomic mass is 79.9. The second-order valence-electron chi connectivity index (χ2n) is 7.72. The number of aromatic nitrogens is 1. The summed E-state index contributed by atoms with van der Waals surface area (Å²) >= 11 is 10.8. The largest absolute Gasteiger partial charge is 0.337 e. The number of rotatable bonds is 5. The molecule has 35 heavy (non-hydrogen) atoms. The van der Waals surface area contributed by atoms with E-state index in [1.54, 1.807) is 6.07 Å². The van der Waals surface area contributed by atoms with Crippen molar-refractivity contribution in [1.29, 1.82) is 0 Å². The molecule has 2 N–H and O–H groups in total. The van der Waals surface area contributed by atoms with Gasteiger partial charge in [-0.25, -0.2) is 4.99 Å². The summed E-state index contributed by atoms with van der Waals surface area (Å²) in [4.78, 5) is 30.3. The highest BCUT2D eigenvalue weighted by Crippen LogP contribution is 2.32. The number of benzene rings is 3. The van der Waals surface area contributed by atoms with Crippen LogP contribution >= 0.6 is 39.3 Å². The molecule has 0 aliphatic carbocycles. The molecule has 0 unspecified atom stereocenters. The van der Waals surface area contributed by atoms with Crippen molar-refractivity contribution in [1.82, 2.24) is 9.88 Å². The average Bonchev–Trinajstić information content (AvgIpc) is 3.36. The third-order valence-corrected chi connectivity index (χ3v) is 7.40. The van der Waals surface area contributed by atoms with Gasteiger partial charge in [0.15, 0.2) is 5.17 Å². The first-order valence-corrected chi connectivity index (χ1v) is 12.6. The number of para-hydroxylation sites is 2. The van der Waals surface area contributed by atoms with Crippen LogP contribution in [0.2, 0.25) is 5.02 Å².